The van der Waals surface area contributed by atoms with Crippen molar-refractivity contribution in [3.8, 4) is 44.5 Å². The Balaban J connectivity index is 1.16. The van der Waals surface area contributed by atoms with Crippen LogP contribution in [0.2, 0.25) is 0 Å². The van der Waals surface area contributed by atoms with E-state index in [0.29, 0.717) is 0 Å². The second kappa shape index (κ2) is 13.4. The maximum atomic E-state index is 6.88. The molecular weight excluding hydrogens is 655 g/mol. The van der Waals surface area contributed by atoms with E-state index in [-0.39, 0.29) is 0 Å². The number of hydrogen-bond acceptors (Lipinski definition) is 2. The second-order valence-electron chi connectivity index (χ2n) is 13.7. The van der Waals surface area contributed by atoms with Gasteiger partial charge in [-0.25, -0.2) is 0 Å². The lowest BCUT2D eigenvalue weighted by Crippen LogP contribution is -2.12. The number of benzene rings is 9. The highest BCUT2D eigenvalue weighted by molar-refractivity contribution is 6.17. The van der Waals surface area contributed by atoms with Crippen molar-refractivity contribution in [2.45, 2.75) is 0 Å². The molecule has 0 radical (unpaired) electrons. The van der Waals surface area contributed by atoms with Crippen molar-refractivity contribution in [3.05, 3.63) is 212 Å². The quantitative estimate of drug-likeness (QED) is 0.166. The molecule has 0 fully saturated rings. The van der Waals surface area contributed by atoms with E-state index in [1.165, 1.54) is 27.6 Å². The van der Waals surface area contributed by atoms with Crippen molar-refractivity contribution in [2.75, 3.05) is 4.90 Å². The van der Waals surface area contributed by atoms with Crippen LogP contribution in [0.5, 0.6) is 0 Å². The first-order valence-corrected chi connectivity index (χ1v) is 18.4. The number of hydrogen-bond donors (Lipinski definition) is 0. The van der Waals surface area contributed by atoms with Crippen LogP contribution in [-0.2, 0) is 0 Å². The van der Waals surface area contributed by atoms with Crippen LogP contribution in [0.3, 0.4) is 0 Å². The summed E-state index contributed by atoms with van der Waals surface area (Å²) < 4.78 is 6.88. The molecule has 0 aliphatic carbocycles. The summed E-state index contributed by atoms with van der Waals surface area (Å²) in [6, 6.07) is 75.7. The number of anilines is 3. The first-order chi connectivity index (χ1) is 26.8. The molecule has 0 N–H and O–H groups in total. The second-order valence-corrected chi connectivity index (χ2v) is 13.7. The molecule has 10 rings (SSSR count). The van der Waals surface area contributed by atoms with Crippen LogP contribution in [0.1, 0.15) is 0 Å². The molecule has 2 nitrogen and oxygen atoms in total. The minimum atomic E-state index is 0.890. The van der Waals surface area contributed by atoms with Crippen molar-refractivity contribution in [1.29, 1.82) is 0 Å². The predicted molar refractivity (Wildman–Crippen MR) is 228 cm³/mol. The van der Waals surface area contributed by atoms with Gasteiger partial charge in [-0.05, 0) is 69.6 Å². The Morgan fingerprint density at radius 1 is 0.296 bits per heavy atom. The van der Waals surface area contributed by atoms with Crippen molar-refractivity contribution in [1.82, 2.24) is 0 Å². The fourth-order valence-corrected chi connectivity index (χ4v) is 7.88. The van der Waals surface area contributed by atoms with Gasteiger partial charge in [-0.2, -0.15) is 0 Å². The van der Waals surface area contributed by atoms with Gasteiger partial charge in [0.15, 0.2) is 0 Å². The fourth-order valence-electron chi connectivity index (χ4n) is 7.88. The topological polar surface area (TPSA) is 16.4 Å². The fraction of sp³-hybridized carbons (Fsp3) is 0. The van der Waals surface area contributed by atoms with Gasteiger partial charge in [0.1, 0.15) is 11.2 Å². The Hall–Kier alpha value is -7.16. The molecule has 0 atom stereocenters. The zero-order valence-electron chi connectivity index (χ0n) is 29.6. The molecule has 0 saturated carbocycles. The van der Waals surface area contributed by atoms with E-state index < -0.39 is 0 Å². The Kier molecular flexibility index (Phi) is 7.85. The van der Waals surface area contributed by atoms with Gasteiger partial charge in [0.2, 0.25) is 0 Å². The van der Waals surface area contributed by atoms with E-state index in [1.54, 1.807) is 0 Å². The summed E-state index contributed by atoms with van der Waals surface area (Å²) in [5, 5.41) is 4.53. The van der Waals surface area contributed by atoms with Crippen LogP contribution < -0.4 is 4.90 Å². The van der Waals surface area contributed by atoms with Gasteiger partial charge in [-0.15, -0.1) is 0 Å². The van der Waals surface area contributed by atoms with Gasteiger partial charge in [0, 0.05) is 38.5 Å². The third kappa shape index (κ3) is 5.53. The van der Waals surface area contributed by atoms with Crippen molar-refractivity contribution in [2.24, 2.45) is 0 Å². The van der Waals surface area contributed by atoms with Crippen molar-refractivity contribution < 1.29 is 4.42 Å². The van der Waals surface area contributed by atoms with Crippen LogP contribution in [0.15, 0.2) is 217 Å². The molecule has 1 heterocycles. The van der Waals surface area contributed by atoms with E-state index in [2.05, 4.69) is 217 Å². The molecule has 0 unspecified atom stereocenters. The molecule has 0 bridgehead atoms. The minimum Gasteiger partial charge on any atom is -0.455 e. The van der Waals surface area contributed by atoms with Crippen molar-refractivity contribution >= 4 is 49.8 Å². The lowest BCUT2D eigenvalue weighted by molar-refractivity contribution is 0.674. The molecule has 0 spiro atoms. The van der Waals surface area contributed by atoms with E-state index in [0.717, 1.165) is 66.6 Å². The lowest BCUT2D eigenvalue weighted by Gasteiger charge is -2.30. The van der Waals surface area contributed by atoms with Crippen LogP contribution in [-0.4, -0.2) is 0 Å². The molecule has 54 heavy (non-hydrogen) atoms. The van der Waals surface area contributed by atoms with E-state index in [9.17, 15) is 0 Å². The summed E-state index contributed by atoms with van der Waals surface area (Å²) in [5.74, 6) is 0. The summed E-state index contributed by atoms with van der Waals surface area (Å²) in [5.41, 5.74) is 14.3. The molecule has 9 aromatic carbocycles. The van der Waals surface area contributed by atoms with Gasteiger partial charge in [0.05, 0.1) is 11.4 Å². The van der Waals surface area contributed by atoms with E-state index >= 15 is 0 Å². The number of nitrogens with zero attached hydrogens (tertiary/aromatic N) is 1. The van der Waals surface area contributed by atoms with Crippen LogP contribution in [0.25, 0.3) is 77.2 Å². The van der Waals surface area contributed by atoms with Gasteiger partial charge < -0.3 is 9.32 Å². The monoisotopic (exact) mass is 689 g/mol. The Morgan fingerprint density at radius 3 is 1.57 bits per heavy atom. The SMILES string of the molecule is c1ccc(-c2cccc(-c3ccc(N(c4ccccc4-c4ccccc4)c4ccccc4-c4cccc5c4oc4c6ccccc6ccc54)cc3)c2)cc1. The Morgan fingerprint density at radius 2 is 0.815 bits per heavy atom. The maximum absolute atomic E-state index is 6.88. The normalized spacial score (nSPS) is 11.3. The van der Waals surface area contributed by atoms with Gasteiger partial charge in [0.25, 0.3) is 0 Å². The van der Waals surface area contributed by atoms with E-state index in [4.69, 9.17) is 4.42 Å². The Bertz CT molecular complexity index is 2920. The molecule has 1 aromatic heterocycles. The predicted octanol–water partition coefficient (Wildman–Crippen LogP) is 14.9. The maximum Gasteiger partial charge on any atom is 0.143 e. The Labute approximate surface area is 314 Å². The number of rotatable bonds is 7. The number of fused-ring (bicyclic) bond motifs is 5. The van der Waals surface area contributed by atoms with Crippen LogP contribution in [0, 0.1) is 0 Å². The molecule has 0 aliphatic heterocycles. The summed E-state index contributed by atoms with van der Waals surface area (Å²) in [7, 11) is 0. The lowest BCUT2D eigenvalue weighted by atomic mass is 9.96. The highest BCUT2D eigenvalue weighted by Crippen LogP contribution is 2.47. The molecule has 0 aliphatic rings. The van der Waals surface area contributed by atoms with Gasteiger partial charge >= 0.3 is 0 Å². The molecule has 0 saturated heterocycles. The number of para-hydroxylation sites is 3. The molecule has 0 amide bonds. The summed E-state index contributed by atoms with van der Waals surface area (Å²) in [4.78, 5) is 2.40. The smallest absolute Gasteiger partial charge is 0.143 e. The highest BCUT2D eigenvalue weighted by Gasteiger charge is 2.23. The zero-order valence-corrected chi connectivity index (χ0v) is 29.6. The van der Waals surface area contributed by atoms with Crippen molar-refractivity contribution in [3.63, 3.8) is 0 Å². The van der Waals surface area contributed by atoms with Crippen LogP contribution in [0.4, 0.5) is 17.1 Å². The van der Waals surface area contributed by atoms with Gasteiger partial charge in [-0.3, -0.25) is 0 Å². The molecule has 10 aromatic rings. The average Bonchev–Trinajstić information content (AvgIpc) is 3.65. The van der Waals surface area contributed by atoms with Gasteiger partial charge in [-0.1, -0.05) is 176 Å². The third-order valence-electron chi connectivity index (χ3n) is 10.5. The molecule has 254 valence electrons. The minimum absolute atomic E-state index is 0.890. The first kappa shape index (κ1) is 31.6. The molecular formula is C52H35NO. The van der Waals surface area contributed by atoms with Crippen LogP contribution >= 0.6 is 0 Å². The average molecular weight is 690 g/mol. The largest absolute Gasteiger partial charge is 0.455 e. The van der Waals surface area contributed by atoms with E-state index in [1.807, 2.05) is 0 Å². The summed E-state index contributed by atoms with van der Waals surface area (Å²) in [6.07, 6.45) is 0. The molecule has 2 heteroatoms. The zero-order chi connectivity index (χ0) is 35.8. The summed E-state index contributed by atoms with van der Waals surface area (Å²) in [6.45, 7) is 0. The summed E-state index contributed by atoms with van der Waals surface area (Å²) >= 11 is 0. The standard InChI is InChI=1S/C52H35NO/c1-3-15-36(16-4-1)40-20-13-21-41(35-40)37-29-32-42(33-30-37)53(49-27-11-9-22-43(49)38-17-5-2-6-18-38)50-28-12-10-24-45(50)46-25-14-26-47-48-34-31-39-19-7-8-23-44(39)51(48)54-52(46)47/h1-35H. The number of furan rings is 1. The first-order valence-electron chi connectivity index (χ1n) is 18.4. The highest BCUT2D eigenvalue weighted by atomic mass is 16.3. The third-order valence-corrected chi connectivity index (χ3v) is 10.5.